The summed E-state index contributed by atoms with van der Waals surface area (Å²) in [4.78, 5) is 12.8. The molecular formula is C7H12N2OS. The van der Waals surface area contributed by atoms with Crippen LogP contribution in [0.2, 0.25) is 0 Å². The van der Waals surface area contributed by atoms with Crippen molar-refractivity contribution in [2.45, 2.75) is 26.3 Å². The van der Waals surface area contributed by atoms with E-state index >= 15 is 0 Å². The second-order valence-electron chi connectivity index (χ2n) is 2.68. The third-order valence-electron chi connectivity index (χ3n) is 1.91. The molecular weight excluding hydrogens is 160 g/mol. The highest BCUT2D eigenvalue weighted by atomic mass is 32.1. The molecule has 1 aliphatic heterocycles. The van der Waals surface area contributed by atoms with Crippen LogP contribution in [-0.2, 0) is 4.79 Å². The summed E-state index contributed by atoms with van der Waals surface area (Å²) in [6.45, 7) is 4.40. The van der Waals surface area contributed by atoms with Gasteiger partial charge in [-0.3, -0.25) is 9.69 Å². The quantitative estimate of drug-likeness (QED) is 0.616. The topological polar surface area (TPSA) is 32.3 Å². The second-order valence-corrected chi connectivity index (χ2v) is 3.07. The fourth-order valence-electron chi connectivity index (χ4n) is 1.06. The Kier molecular flexibility index (Phi) is 2.44. The number of hydrogen-bond acceptors (Lipinski definition) is 2. The molecule has 0 aromatic heterocycles. The summed E-state index contributed by atoms with van der Waals surface area (Å²) in [7, 11) is 0. The maximum absolute atomic E-state index is 11.2. The Hall–Kier alpha value is -0.640. The number of carbonyl (C=O) groups is 1. The van der Waals surface area contributed by atoms with Gasteiger partial charge in [0.05, 0.1) is 6.54 Å². The van der Waals surface area contributed by atoms with Crippen molar-refractivity contribution in [3.63, 3.8) is 0 Å². The van der Waals surface area contributed by atoms with Crippen LogP contribution in [0.3, 0.4) is 0 Å². The van der Waals surface area contributed by atoms with Gasteiger partial charge in [0.1, 0.15) is 0 Å². The zero-order chi connectivity index (χ0) is 8.43. The minimum atomic E-state index is 0.0874. The van der Waals surface area contributed by atoms with Crippen molar-refractivity contribution in [2.75, 3.05) is 6.54 Å². The first-order valence-electron chi connectivity index (χ1n) is 3.76. The zero-order valence-electron chi connectivity index (χ0n) is 6.76. The fourth-order valence-corrected chi connectivity index (χ4v) is 1.42. The van der Waals surface area contributed by atoms with Gasteiger partial charge in [-0.2, -0.15) is 0 Å². The lowest BCUT2D eigenvalue weighted by Crippen LogP contribution is -2.38. The maximum atomic E-state index is 11.2. The van der Waals surface area contributed by atoms with E-state index in [1.165, 1.54) is 0 Å². The molecule has 1 fully saturated rings. The van der Waals surface area contributed by atoms with Crippen molar-refractivity contribution in [1.29, 1.82) is 0 Å². The first-order valence-corrected chi connectivity index (χ1v) is 4.17. The van der Waals surface area contributed by atoms with Crippen LogP contribution in [0.4, 0.5) is 0 Å². The van der Waals surface area contributed by atoms with Crippen molar-refractivity contribution < 1.29 is 4.79 Å². The Bertz CT molecular complexity index is 177. The summed E-state index contributed by atoms with van der Waals surface area (Å²) >= 11 is 4.95. The van der Waals surface area contributed by atoms with Gasteiger partial charge in [0.15, 0.2) is 5.11 Å². The number of amides is 1. The molecule has 0 spiro atoms. The van der Waals surface area contributed by atoms with Crippen LogP contribution < -0.4 is 5.32 Å². The average Bonchev–Trinajstić information content (AvgIpc) is 2.30. The van der Waals surface area contributed by atoms with Crippen molar-refractivity contribution in [3.05, 3.63) is 0 Å². The molecule has 0 saturated carbocycles. The predicted molar refractivity (Wildman–Crippen MR) is 47.2 cm³/mol. The third kappa shape index (κ3) is 1.50. The molecule has 0 bridgehead atoms. The van der Waals surface area contributed by atoms with E-state index in [1.54, 1.807) is 4.90 Å². The monoisotopic (exact) mass is 172 g/mol. The molecule has 11 heavy (non-hydrogen) atoms. The van der Waals surface area contributed by atoms with Crippen LogP contribution in [0.1, 0.15) is 20.3 Å². The van der Waals surface area contributed by atoms with E-state index < -0.39 is 0 Å². The molecule has 0 aliphatic carbocycles. The first kappa shape index (κ1) is 8.46. The number of thiocarbonyl (C=S) groups is 1. The van der Waals surface area contributed by atoms with Crippen LogP contribution >= 0.6 is 12.2 Å². The molecule has 1 saturated heterocycles. The van der Waals surface area contributed by atoms with Crippen molar-refractivity contribution in [3.8, 4) is 0 Å². The van der Waals surface area contributed by atoms with Crippen molar-refractivity contribution in [1.82, 2.24) is 10.2 Å². The van der Waals surface area contributed by atoms with Gasteiger partial charge in [-0.05, 0) is 25.6 Å². The van der Waals surface area contributed by atoms with E-state index in [-0.39, 0.29) is 11.9 Å². The van der Waals surface area contributed by atoms with Crippen LogP contribution in [0.15, 0.2) is 0 Å². The van der Waals surface area contributed by atoms with Crippen LogP contribution in [0.25, 0.3) is 0 Å². The minimum absolute atomic E-state index is 0.0874. The second kappa shape index (κ2) is 3.17. The van der Waals surface area contributed by atoms with E-state index in [4.69, 9.17) is 12.2 Å². The third-order valence-corrected chi connectivity index (χ3v) is 2.25. The summed E-state index contributed by atoms with van der Waals surface area (Å²) in [5, 5.41) is 3.42. The maximum Gasteiger partial charge on any atom is 0.248 e. The average molecular weight is 172 g/mol. The van der Waals surface area contributed by atoms with Gasteiger partial charge < -0.3 is 5.32 Å². The molecule has 1 atom stereocenters. The SMILES string of the molecule is CC[C@@H](C)N1C(=O)CNC1=S. The number of nitrogens with zero attached hydrogens (tertiary/aromatic N) is 1. The highest BCUT2D eigenvalue weighted by Gasteiger charge is 2.28. The lowest BCUT2D eigenvalue weighted by atomic mass is 10.2. The van der Waals surface area contributed by atoms with Crippen LogP contribution in [0.5, 0.6) is 0 Å². The van der Waals surface area contributed by atoms with Gasteiger partial charge in [-0.1, -0.05) is 6.92 Å². The molecule has 3 nitrogen and oxygen atoms in total. The van der Waals surface area contributed by atoms with Gasteiger partial charge in [-0.25, -0.2) is 0 Å². The van der Waals surface area contributed by atoms with E-state index in [0.717, 1.165) is 6.42 Å². The summed E-state index contributed by atoms with van der Waals surface area (Å²) < 4.78 is 0. The lowest BCUT2D eigenvalue weighted by molar-refractivity contribution is -0.125. The Labute approximate surface area is 71.8 Å². The minimum Gasteiger partial charge on any atom is -0.353 e. The molecule has 0 aromatic rings. The number of carbonyl (C=O) groups excluding carboxylic acids is 1. The number of hydrogen-bond donors (Lipinski definition) is 1. The standard InChI is InChI=1S/C7H12N2OS/c1-3-5(2)9-6(10)4-8-7(9)11/h5H,3-4H2,1-2H3,(H,8,11)/t5-/m1/s1. The molecule has 1 amide bonds. The van der Waals surface area contributed by atoms with E-state index in [9.17, 15) is 4.79 Å². The smallest absolute Gasteiger partial charge is 0.248 e. The predicted octanol–water partition coefficient (Wildman–Crippen LogP) is 0.502. The number of nitrogens with one attached hydrogen (secondary N) is 1. The van der Waals surface area contributed by atoms with Gasteiger partial charge in [0, 0.05) is 6.04 Å². The largest absolute Gasteiger partial charge is 0.353 e. The highest BCUT2D eigenvalue weighted by Crippen LogP contribution is 2.08. The molecule has 0 radical (unpaired) electrons. The van der Waals surface area contributed by atoms with E-state index in [0.29, 0.717) is 11.7 Å². The van der Waals surface area contributed by atoms with E-state index in [2.05, 4.69) is 5.32 Å². The first-order chi connectivity index (χ1) is 5.16. The van der Waals surface area contributed by atoms with E-state index in [1.807, 2.05) is 13.8 Å². The number of rotatable bonds is 2. The Morgan fingerprint density at radius 2 is 2.45 bits per heavy atom. The Balaban J connectivity index is 2.68. The van der Waals surface area contributed by atoms with Crippen molar-refractivity contribution >= 4 is 23.2 Å². The molecule has 0 unspecified atom stereocenters. The molecule has 0 aromatic carbocycles. The Morgan fingerprint density at radius 3 is 2.82 bits per heavy atom. The summed E-state index contributed by atoms with van der Waals surface area (Å²) in [6, 6.07) is 0.227. The summed E-state index contributed by atoms with van der Waals surface area (Å²) in [5.74, 6) is 0.0874. The van der Waals surface area contributed by atoms with Crippen LogP contribution in [0, 0.1) is 0 Å². The fraction of sp³-hybridized carbons (Fsp3) is 0.714. The van der Waals surface area contributed by atoms with Gasteiger partial charge in [0.2, 0.25) is 5.91 Å². The van der Waals surface area contributed by atoms with Crippen molar-refractivity contribution in [2.24, 2.45) is 0 Å². The molecule has 1 aliphatic rings. The Morgan fingerprint density at radius 1 is 1.82 bits per heavy atom. The highest BCUT2D eigenvalue weighted by molar-refractivity contribution is 7.80. The lowest BCUT2D eigenvalue weighted by Gasteiger charge is -2.21. The molecule has 62 valence electrons. The molecule has 1 rings (SSSR count). The van der Waals surface area contributed by atoms with Gasteiger partial charge in [0.25, 0.3) is 0 Å². The summed E-state index contributed by atoms with van der Waals surface area (Å²) in [5.41, 5.74) is 0. The molecule has 1 N–H and O–H groups in total. The zero-order valence-corrected chi connectivity index (χ0v) is 7.57. The van der Waals surface area contributed by atoms with Crippen LogP contribution in [-0.4, -0.2) is 28.5 Å². The van der Waals surface area contributed by atoms with Gasteiger partial charge >= 0.3 is 0 Å². The van der Waals surface area contributed by atoms with Gasteiger partial charge in [-0.15, -0.1) is 0 Å². The normalized spacial score (nSPS) is 20.4. The molecule has 4 heteroatoms. The molecule has 1 heterocycles. The summed E-state index contributed by atoms with van der Waals surface area (Å²) in [6.07, 6.45) is 0.938.